The van der Waals surface area contributed by atoms with Crippen LogP contribution in [0.25, 0.3) is 0 Å². The van der Waals surface area contributed by atoms with E-state index in [0.717, 1.165) is 14.2 Å². The van der Waals surface area contributed by atoms with Gasteiger partial charge in [-0.2, -0.15) is 0 Å². The highest BCUT2D eigenvalue weighted by atomic mass is 16.5. The van der Waals surface area contributed by atoms with Crippen LogP contribution in [0.5, 0.6) is 0 Å². The van der Waals surface area contributed by atoms with E-state index in [0.29, 0.717) is 0 Å². The van der Waals surface area contributed by atoms with Gasteiger partial charge in [0.05, 0.1) is 30.9 Å². The number of hydrogen-bond acceptors (Lipinski definition) is 6. The first-order valence-electron chi connectivity index (χ1n) is 4.95. The van der Waals surface area contributed by atoms with Gasteiger partial charge in [-0.3, -0.25) is 9.59 Å². The van der Waals surface area contributed by atoms with Crippen LogP contribution in [-0.2, 0) is 9.47 Å². The SMILES string of the molecule is COC(=O)c1ccc2c(C(=O)OC)c1C(=O)C2=O. The Labute approximate surface area is 101 Å². The van der Waals surface area contributed by atoms with Gasteiger partial charge >= 0.3 is 11.9 Å². The monoisotopic (exact) mass is 248 g/mol. The first-order chi connectivity index (χ1) is 8.52. The van der Waals surface area contributed by atoms with Gasteiger partial charge in [0.1, 0.15) is 0 Å². The van der Waals surface area contributed by atoms with Crippen LogP contribution in [0, 0.1) is 0 Å². The molecule has 0 unspecified atom stereocenters. The zero-order valence-electron chi connectivity index (χ0n) is 9.60. The molecule has 0 saturated carbocycles. The van der Waals surface area contributed by atoms with Crippen LogP contribution in [0.1, 0.15) is 41.4 Å². The standard InChI is InChI=1S/C12H8O6/c1-17-11(15)6-4-3-5-8(12(16)18-2)7(6)10(14)9(5)13/h3-4H,1-2H3. The Morgan fingerprint density at radius 3 is 2.11 bits per heavy atom. The van der Waals surface area contributed by atoms with Crippen LogP contribution in [-0.4, -0.2) is 37.7 Å². The number of esters is 2. The Morgan fingerprint density at radius 1 is 0.944 bits per heavy atom. The highest BCUT2D eigenvalue weighted by Crippen LogP contribution is 2.29. The molecule has 1 aliphatic carbocycles. The van der Waals surface area contributed by atoms with Crippen molar-refractivity contribution in [2.45, 2.75) is 0 Å². The van der Waals surface area contributed by atoms with Gasteiger partial charge < -0.3 is 9.47 Å². The Kier molecular flexibility index (Phi) is 2.70. The zero-order chi connectivity index (χ0) is 13.4. The fraction of sp³-hybridized carbons (Fsp3) is 0.167. The lowest BCUT2D eigenvalue weighted by molar-refractivity contribution is 0.0595. The summed E-state index contributed by atoms with van der Waals surface area (Å²) in [4.78, 5) is 46.4. The molecule has 1 aliphatic rings. The fourth-order valence-electron chi connectivity index (χ4n) is 1.86. The van der Waals surface area contributed by atoms with Crippen molar-refractivity contribution < 1.29 is 28.7 Å². The third kappa shape index (κ3) is 1.42. The lowest BCUT2D eigenvalue weighted by Crippen LogP contribution is -2.13. The highest BCUT2D eigenvalue weighted by Gasteiger charge is 2.40. The second-order valence-corrected chi connectivity index (χ2v) is 3.55. The number of benzene rings is 1. The summed E-state index contributed by atoms with van der Waals surface area (Å²) in [6.45, 7) is 0. The van der Waals surface area contributed by atoms with Gasteiger partial charge in [0.15, 0.2) is 0 Å². The maximum Gasteiger partial charge on any atom is 0.339 e. The third-order valence-electron chi connectivity index (χ3n) is 2.68. The van der Waals surface area contributed by atoms with Crippen molar-refractivity contribution in [2.24, 2.45) is 0 Å². The zero-order valence-corrected chi connectivity index (χ0v) is 9.60. The minimum absolute atomic E-state index is 0.0468. The van der Waals surface area contributed by atoms with Crippen LogP contribution in [0.15, 0.2) is 12.1 Å². The molecule has 6 nitrogen and oxygen atoms in total. The Morgan fingerprint density at radius 2 is 1.56 bits per heavy atom. The molecule has 18 heavy (non-hydrogen) atoms. The molecule has 2 rings (SSSR count). The number of methoxy groups -OCH3 is 2. The van der Waals surface area contributed by atoms with Crippen LogP contribution in [0.2, 0.25) is 0 Å². The predicted octanol–water partition coefficient (Wildman–Crippen LogP) is 0.639. The molecule has 0 amide bonds. The summed E-state index contributed by atoms with van der Waals surface area (Å²) in [5.41, 5.74) is -0.571. The van der Waals surface area contributed by atoms with E-state index in [1.807, 2.05) is 0 Å². The molecule has 0 heterocycles. The van der Waals surface area contributed by atoms with E-state index in [9.17, 15) is 19.2 Å². The first-order valence-corrected chi connectivity index (χ1v) is 4.95. The molecule has 0 atom stereocenters. The van der Waals surface area contributed by atoms with Gasteiger partial charge in [-0.05, 0) is 12.1 Å². The van der Waals surface area contributed by atoms with E-state index in [1.165, 1.54) is 12.1 Å². The lowest BCUT2D eigenvalue weighted by Gasteiger charge is -2.05. The van der Waals surface area contributed by atoms with Crippen molar-refractivity contribution in [1.82, 2.24) is 0 Å². The quantitative estimate of drug-likeness (QED) is 0.563. The summed E-state index contributed by atoms with van der Waals surface area (Å²) in [5, 5.41) is 0. The van der Waals surface area contributed by atoms with Crippen LogP contribution < -0.4 is 0 Å². The summed E-state index contributed by atoms with van der Waals surface area (Å²) < 4.78 is 9.01. The number of Topliss-reactive ketones (excluding diaryl/α,β-unsaturated/α-hetero) is 2. The average molecular weight is 248 g/mol. The minimum atomic E-state index is -0.893. The number of ether oxygens (including phenoxy) is 2. The second-order valence-electron chi connectivity index (χ2n) is 3.55. The number of carbonyl (C=O) groups excluding carboxylic acids is 4. The van der Waals surface area contributed by atoms with Crippen LogP contribution in [0.3, 0.4) is 0 Å². The van der Waals surface area contributed by atoms with Crippen molar-refractivity contribution in [3.63, 3.8) is 0 Å². The number of rotatable bonds is 2. The topological polar surface area (TPSA) is 86.7 Å². The van der Waals surface area contributed by atoms with E-state index in [-0.39, 0.29) is 22.3 Å². The Balaban J connectivity index is 2.75. The summed E-state index contributed by atoms with van der Waals surface area (Å²) in [5.74, 6) is -3.33. The van der Waals surface area contributed by atoms with E-state index >= 15 is 0 Å². The normalized spacial score (nSPS) is 12.6. The molecule has 1 aromatic carbocycles. The van der Waals surface area contributed by atoms with E-state index in [2.05, 4.69) is 9.47 Å². The molecule has 0 spiro atoms. The molecule has 0 radical (unpaired) electrons. The van der Waals surface area contributed by atoms with E-state index < -0.39 is 23.5 Å². The van der Waals surface area contributed by atoms with Gasteiger partial charge in [-0.1, -0.05) is 0 Å². The van der Waals surface area contributed by atoms with Gasteiger partial charge in [0, 0.05) is 5.56 Å². The third-order valence-corrected chi connectivity index (χ3v) is 2.68. The molecular weight excluding hydrogens is 240 g/mol. The Bertz CT molecular complexity index is 599. The number of carbonyl (C=O) groups is 4. The minimum Gasteiger partial charge on any atom is -0.465 e. The van der Waals surface area contributed by atoms with E-state index in [4.69, 9.17) is 0 Å². The molecule has 0 saturated heterocycles. The average Bonchev–Trinajstić information content (AvgIpc) is 2.57. The molecule has 92 valence electrons. The smallest absolute Gasteiger partial charge is 0.339 e. The number of ketones is 2. The Hall–Kier alpha value is -2.50. The maximum absolute atomic E-state index is 11.7. The molecule has 0 aromatic heterocycles. The molecule has 1 aromatic rings. The predicted molar refractivity (Wildman–Crippen MR) is 57.8 cm³/mol. The molecule has 0 fully saturated rings. The highest BCUT2D eigenvalue weighted by molar-refractivity contribution is 6.56. The fourth-order valence-corrected chi connectivity index (χ4v) is 1.86. The summed E-state index contributed by atoms with van der Waals surface area (Å²) in [6, 6.07) is 2.53. The maximum atomic E-state index is 11.7. The van der Waals surface area contributed by atoms with Crippen molar-refractivity contribution in [2.75, 3.05) is 14.2 Å². The van der Waals surface area contributed by atoms with Gasteiger partial charge in [0.2, 0.25) is 11.6 Å². The van der Waals surface area contributed by atoms with Gasteiger partial charge in [-0.25, -0.2) is 9.59 Å². The summed E-state index contributed by atoms with van der Waals surface area (Å²) >= 11 is 0. The lowest BCUT2D eigenvalue weighted by atomic mass is 10.0. The van der Waals surface area contributed by atoms with Crippen molar-refractivity contribution in [3.8, 4) is 0 Å². The van der Waals surface area contributed by atoms with Crippen molar-refractivity contribution >= 4 is 23.5 Å². The summed E-state index contributed by atoms with van der Waals surface area (Å²) in [6.07, 6.45) is 0. The van der Waals surface area contributed by atoms with Crippen LogP contribution >= 0.6 is 0 Å². The number of fused-ring (bicyclic) bond motifs is 2. The second kappa shape index (κ2) is 4.06. The first kappa shape index (κ1) is 12.0. The molecule has 2 bridgehead atoms. The molecule has 6 heteroatoms. The van der Waals surface area contributed by atoms with Gasteiger partial charge in [0.25, 0.3) is 0 Å². The van der Waals surface area contributed by atoms with Crippen molar-refractivity contribution in [1.29, 1.82) is 0 Å². The van der Waals surface area contributed by atoms with Gasteiger partial charge in [-0.15, -0.1) is 0 Å². The molecule has 0 aliphatic heterocycles. The molecular formula is C12H8O6. The molecule has 0 N–H and O–H groups in total. The van der Waals surface area contributed by atoms with E-state index in [1.54, 1.807) is 0 Å². The summed E-state index contributed by atoms with van der Waals surface area (Å²) in [7, 11) is 2.27. The van der Waals surface area contributed by atoms with Crippen molar-refractivity contribution in [3.05, 3.63) is 34.4 Å². The largest absolute Gasteiger partial charge is 0.465 e. The van der Waals surface area contributed by atoms with Crippen LogP contribution in [0.4, 0.5) is 0 Å². The number of hydrogen-bond donors (Lipinski definition) is 0.